The minimum absolute atomic E-state index is 0.0740. The average Bonchev–Trinajstić information content (AvgIpc) is 2.81. The van der Waals surface area contributed by atoms with E-state index in [-0.39, 0.29) is 22.6 Å². The third-order valence-electron chi connectivity index (χ3n) is 3.58. The molecule has 0 saturated carbocycles. The smallest absolute Gasteiger partial charge is 0.242 e. The third-order valence-corrected chi connectivity index (χ3v) is 5.07. The zero-order valence-electron chi connectivity index (χ0n) is 11.6. The van der Waals surface area contributed by atoms with Crippen molar-refractivity contribution in [1.82, 2.24) is 4.72 Å². The summed E-state index contributed by atoms with van der Waals surface area (Å²) in [6.45, 7) is 2.99. The molecule has 1 heterocycles. The third kappa shape index (κ3) is 3.23. The van der Waals surface area contributed by atoms with Gasteiger partial charge in [-0.15, -0.1) is 0 Å². The Hall–Kier alpha value is -1.31. The quantitative estimate of drug-likeness (QED) is 0.791. The summed E-state index contributed by atoms with van der Waals surface area (Å²) in [6.07, 6.45) is 0.938. The summed E-state index contributed by atoms with van der Waals surface area (Å²) in [5.74, 6) is 0.725. The van der Waals surface area contributed by atoms with Gasteiger partial charge in [0.15, 0.2) is 0 Å². The second kappa shape index (κ2) is 5.99. The van der Waals surface area contributed by atoms with Gasteiger partial charge in [-0.25, -0.2) is 13.1 Å². The molecule has 6 nitrogen and oxygen atoms in total. The Morgan fingerprint density at radius 2 is 2.25 bits per heavy atom. The second-order valence-corrected chi connectivity index (χ2v) is 6.62. The second-order valence-electron chi connectivity index (χ2n) is 4.88. The molecule has 0 bridgehead atoms. The first-order chi connectivity index (χ1) is 9.44. The molecule has 2 atom stereocenters. The van der Waals surface area contributed by atoms with Crippen LogP contribution < -0.4 is 15.2 Å². The van der Waals surface area contributed by atoms with Crippen molar-refractivity contribution >= 4 is 15.7 Å². The molecule has 2 unspecified atom stereocenters. The summed E-state index contributed by atoms with van der Waals surface area (Å²) in [4.78, 5) is 0.0740. The van der Waals surface area contributed by atoms with E-state index < -0.39 is 10.0 Å². The Balaban J connectivity index is 2.10. The molecule has 0 radical (unpaired) electrons. The van der Waals surface area contributed by atoms with Crippen LogP contribution in [-0.2, 0) is 14.8 Å². The van der Waals surface area contributed by atoms with Gasteiger partial charge < -0.3 is 15.2 Å². The summed E-state index contributed by atoms with van der Waals surface area (Å²) in [6, 6.07) is 4.52. The van der Waals surface area contributed by atoms with Crippen molar-refractivity contribution in [2.24, 2.45) is 5.92 Å². The number of ether oxygens (including phenoxy) is 2. The molecule has 7 heteroatoms. The number of sulfonamides is 1. The molecule has 3 N–H and O–H groups in total. The Labute approximate surface area is 119 Å². The summed E-state index contributed by atoms with van der Waals surface area (Å²) >= 11 is 0. The molecule has 112 valence electrons. The molecule has 0 aromatic heterocycles. The highest BCUT2D eigenvalue weighted by Crippen LogP contribution is 2.25. The fourth-order valence-corrected chi connectivity index (χ4v) is 3.44. The van der Waals surface area contributed by atoms with E-state index in [1.54, 1.807) is 6.07 Å². The van der Waals surface area contributed by atoms with Crippen molar-refractivity contribution in [1.29, 1.82) is 0 Å². The minimum atomic E-state index is -3.61. The fourth-order valence-electron chi connectivity index (χ4n) is 2.24. The van der Waals surface area contributed by atoms with Gasteiger partial charge in [0.05, 0.1) is 18.9 Å². The van der Waals surface area contributed by atoms with Crippen molar-refractivity contribution in [3.63, 3.8) is 0 Å². The number of nitrogen functional groups attached to an aromatic ring is 1. The lowest BCUT2D eigenvalue weighted by Crippen LogP contribution is -2.32. The molecule has 0 spiro atoms. The first kappa shape index (κ1) is 15.1. The van der Waals surface area contributed by atoms with Crippen LogP contribution in [0.4, 0.5) is 5.69 Å². The van der Waals surface area contributed by atoms with Crippen LogP contribution >= 0.6 is 0 Å². The lowest BCUT2D eigenvalue weighted by atomic mass is 10.0. The van der Waals surface area contributed by atoms with Crippen LogP contribution in [0.1, 0.15) is 13.3 Å². The summed E-state index contributed by atoms with van der Waals surface area (Å²) in [5.41, 5.74) is 5.94. The average molecular weight is 300 g/mol. The van der Waals surface area contributed by atoms with Crippen LogP contribution in [0, 0.1) is 5.92 Å². The molecule has 1 fully saturated rings. The maximum atomic E-state index is 12.2. The SMILES string of the molecule is COc1ccc(S(=O)(=O)NCC2CCOC2C)c(N)c1. The number of nitrogens with two attached hydrogens (primary N) is 1. The van der Waals surface area contributed by atoms with Crippen LogP contribution in [-0.4, -0.2) is 34.8 Å². The van der Waals surface area contributed by atoms with E-state index in [1.165, 1.54) is 19.2 Å². The molecule has 1 saturated heterocycles. The number of hydrogen-bond donors (Lipinski definition) is 2. The lowest BCUT2D eigenvalue weighted by molar-refractivity contribution is 0.107. The van der Waals surface area contributed by atoms with E-state index in [1.807, 2.05) is 6.92 Å². The molecular weight excluding hydrogens is 280 g/mol. The Morgan fingerprint density at radius 1 is 1.50 bits per heavy atom. The molecule has 20 heavy (non-hydrogen) atoms. The monoisotopic (exact) mass is 300 g/mol. The number of nitrogens with one attached hydrogen (secondary N) is 1. The van der Waals surface area contributed by atoms with Gasteiger partial charge in [0.1, 0.15) is 10.6 Å². The first-order valence-electron chi connectivity index (χ1n) is 6.49. The van der Waals surface area contributed by atoms with Gasteiger partial charge in [0.25, 0.3) is 0 Å². The van der Waals surface area contributed by atoms with Gasteiger partial charge in [-0.3, -0.25) is 0 Å². The van der Waals surface area contributed by atoms with Crippen molar-refractivity contribution < 1.29 is 17.9 Å². The summed E-state index contributed by atoms with van der Waals surface area (Å²) in [7, 11) is -2.11. The van der Waals surface area contributed by atoms with Crippen LogP contribution in [0.25, 0.3) is 0 Å². The summed E-state index contributed by atoms with van der Waals surface area (Å²) < 4.78 is 37.5. The van der Waals surface area contributed by atoms with E-state index in [4.69, 9.17) is 15.2 Å². The van der Waals surface area contributed by atoms with Crippen LogP contribution in [0.2, 0.25) is 0 Å². The largest absolute Gasteiger partial charge is 0.497 e. The molecule has 1 aliphatic rings. The van der Waals surface area contributed by atoms with Gasteiger partial charge in [0, 0.05) is 25.1 Å². The highest BCUT2D eigenvalue weighted by Gasteiger charge is 2.26. The normalized spacial score (nSPS) is 22.9. The Bertz CT molecular complexity index is 574. The van der Waals surface area contributed by atoms with Gasteiger partial charge in [-0.2, -0.15) is 0 Å². The van der Waals surface area contributed by atoms with E-state index in [2.05, 4.69) is 4.72 Å². The predicted octanol–water partition coefficient (Wildman–Crippen LogP) is 0.981. The predicted molar refractivity (Wildman–Crippen MR) is 76.1 cm³/mol. The maximum absolute atomic E-state index is 12.2. The van der Waals surface area contributed by atoms with Crippen molar-refractivity contribution in [2.75, 3.05) is 26.0 Å². The van der Waals surface area contributed by atoms with Crippen molar-refractivity contribution in [2.45, 2.75) is 24.3 Å². The topological polar surface area (TPSA) is 90.7 Å². The minimum Gasteiger partial charge on any atom is -0.497 e. The molecule has 2 rings (SSSR count). The number of hydrogen-bond acceptors (Lipinski definition) is 5. The number of rotatable bonds is 5. The Morgan fingerprint density at radius 3 is 2.80 bits per heavy atom. The first-order valence-corrected chi connectivity index (χ1v) is 7.97. The highest BCUT2D eigenvalue weighted by molar-refractivity contribution is 7.89. The highest BCUT2D eigenvalue weighted by atomic mass is 32.2. The van der Waals surface area contributed by atoms with E-state index in [0.29, 0.717) is 18.9 Å². The molecule has 1 aliphatic heterocycles. The van der Waals surface area contributed by atoms with Gasteiger partial charge in [-0.1, -0.05) is 0 Å². The molecular formula is C13H20N2O4S. The molecule has 0 aliphatic carbocycles. The van der Waals surface area contributed by atoms with Gasteiger partial charge >= 0.3 is 0 Å². The lowest BCUT2D eigenvalue weighted by Gasteiger charge is -2.15. The van der Waals surface area contributed by atoms with Crippen LogP contribution in [0.3, 0.4) is 0 Å². The zero-order chi connectivity index (χ0) is 14.8. The van der Waals surface area contributed by atoms with Gasteiger partial charge in [-0.05, 0) is 25.5 Å². The number of anilines is 1. The van der Waals surface area contributed by atoms with Crippen molar-refractivity contribution in [3.05, 3.63) is 18.2 Å². The van der Waals surface area contributed by atoms with Gasteiger partial charge in [0.2, 0.25) is 10.0 Å². The molecule has 0 amide bonds. The number of methoxy groups -OCH3 is 1. The zero-order valence-corrected chi connectivity index (χ0v) is 12.4. The molecule has 1 aromatic rings. The standard InChI is InChI=1S/C13H20N2O4S/c1-9-10(5-6-19-9)8-15-20(16,17)13-4-3-11(18-2)7-12(13)14/h3-4,7,9-10,15H,5-6,8,14H2,1-2H3. The maximum Gasteiger partial charge on any atom is 0.242 e. The Kier molecular flexibility index (Phi) is 4.52. The fraction of sp³-hybridized carbons (Fsp3) is 0.538. The number of benzene rings is 1. The van der Waals surface area contributed by atoms with Crippen LogP contribution in [0.15, 0.2) is 23.1 Å². The molecule has 1 aromatic carbocycles. The summed E-state index contributed by atoms with van der Waals surface area (Å²) in [5, 5.41) is 0. The van der Waals surface area contributed by atoms with E-state index in [0.717, 1.165) is 6.42 Å². The van der Waals surface area contributed by atoms with Crippen molar-refractivity contribution in [3.8, 4) is 5.75 Å². The van der Waals surface area contributed by atoms with Crippen LogP contribution in [0.5, 0.6) is 5.75 Å². The van der Waals surface area contributed by atoms with E-state index in [9.17, 15) is 8.42 Å². The van der Waals surface area contributed by atoms with E-state index >= 15 is 0 Å².